The number of rotatable bonds is 4. The first-order valence-electron chi connectivity index (χ1n) is 8.11. The van der Waals surface area contributed by atoms with Crippen LogP contribution in [-0.2, 0) is 13.1 Å². The van der Waals surface area contributed by atoms with Crippen molar-refractivity contribution in [2.45, 2.75) is 20.0 Å². The van der Waals surface area contributed by atoms with E-state index in [9.17, 15) is 18.4 Å². The van der Waals surface area contributed by atoms with Gasteiger partial charge in [0, 0.05) is 25.7 Å². The molecule has 0 atom stereocenters. The van der Waals surface area contributed by atoms with Gasteiger partial charge >= 0.3 is 0 Å². The summed E-state index contributed by atoms with van der Waals surface area (Å²) in [4.78, 5) is 26.6. The molecule has 7 heteroatoms. The average molecular weight is 357 g/mol. The molecule has 0 radical (unpaired) electrons. The summed E-state index contributed by atoms with van der Waals surface area (Å²) < 4.78 is 28.8. The predicted octanol–water partition coefficient (Wildman–Crippen LogP) is 2.97. The van der Waals surface area contributed by atoms with E-state index in [0.717, 1.165) is 6.07 Å². The van der Waals surface area contributed by atoms with Gasteiger partial charge in [-0.25, -0.2) is 8.78 Å². The van der Waals surface area contributed by atoms with Crippen molar-refractivity contribution in [1.29, 1.82) is 0 Å². The molecule has 26 heavy (non-hydrogen) atoms. The Morgan fingerprint density at radius 1 is 1.19 bits per heavy atom. The number of nitrogens with zero attached hydrogens (tertiary/aromatic N) is 3. The lowest BCUT2D eigenvalue weighted by Crippen LogP contribution is -2.33. The van der Waals surface area contributed by atoms with E-state index in [2.05, 4.69) is 5.10 Å². The molecule has 0 saturated heterocycles. The SMILES string of the molecule is CCn1nc(C(=O)N(C)Cc2ccccc2F)c(=O)c2cc(F)ccc21. The van der Waals surface area contributed by atoms with Crippen molar-refractivity contribution in [2.75, 3.05) is 7.05 Å². The van der Waals surface area contributed by atoms with Gasteiger partial charge in [0.2, 0.25) is 5.43 Å². The van der Waals surface area contributed by atoms with Crippen LogP contribution in [0.5, 0.6) is 0 Å². The van der Waals surface area contributed by atoms with Crippen LogP contribution in [-0.4, -0.2) is 27.6 Å². The maximum atomic E-state index is 13.8. The normalized spacial score (nSPS) is 10.9. The van der Waals surface area contributed by atoms with Gasteiger partial charge < -0.3 is 4.90 Å². The number of aryl methyl sites for hydroxylation is 1. The Balaban J connectivity index is 2.04. The fraction of sp³-hybridized carbons (Fsp3) is 0.211. The summed E-state index contributed by atoms with van der Waals surface area (Å²) in [6.07, 6.45) is 0. The van der Waals surface area contributed by atoms with Crippen LogP contribution in [0.25, 0.3) is 10.9 Å². The van der Waals surface area contributed by atoms with Crippen LogP contribution in [0.3, 0.4) is 0 Å². The van der Waals surface area contributed by atoms with E-state index >= 15 is 0 Å². The van der Waals surface area contributed by atoms with Crippen LogP contribution in [0.4, 0.5) is 8.78 Å². The summed E-state index contributed by atoms with van der Waals surface area (Å²) in [6.45, 7) is 2.19. The second-order valence-electron chi connectivity index (χ2n) is 5.91. The van der Waals surface area contributed by atoms with Gasteiger partial charge in [-0.3, -0.25) is 14.3 Å². The van der Waals surface area contributed by atoms with Gasteiger partial charge in [-0.15, -0.1) is 0 Å². The van der Waals surface area contributed by atoms with E-state index in [4.69, 9.17) is 0 Å². The summed E-state index contributed by atoms with van der Waals surface area (Å²) in [5, 5.41) is 4.22. The van der Waals surface area contributed by atoms with Crippen molar-refractivity contribution < 1.29 is 13.6 Å². The van der Waals surface area contributed by atoms with E-state index in [-0.39, 0.29) is 17.6 Å². The number of amides is 1. The number of benzene rings is 2. The Morgan fingerprint density at radius 2 is 1.92 bits per heavy atom. The average Bonchev–Trinajstić information content (AvgIpc) is 2.63. The molecule has 2 aromatic carbocycles. The Labute approximate surface area is 148 Å². The monoisotopic (exact) mass is 357 g/mol. The maximum Gasteiger partial charge on any atom is 0.278 e. The van der Waals surface area contributed by atoms with Crippen LogP contribution < -0.4 is 5.43 Å². The van der Waals surface area contributed by atoms with Crippen molar-refractivity contribution in [2.24, 2.45) is 0 Å². The van der Waals surface area contributed by atoms with Gasteiger partial charge in [-0.1, -0.05) is 18.2 Å². The van der Waals surface area contributed by atoms with E-state index < -0.39 is 23.0 Å². The number of carbonyl (C=O) groups is 1. The summed E-state index contributed by atoms with van der Waals surface area (Å²) in [7, 11) is 1.46. The van der Waals surface area contributed by atoms with Gasteiger partial charge in [0.15, 0.2) is 5.69 Å². The lowest BCUT2D eigenvalue weighted by molar-refractivity contribution is 0.0774. The standard InChI is InChI=1S/C19H17F2N3O2/c1-3-24-16-9-8-13(20)10-14(16)18(25)17(22-24)19(26)23(2)11-12-6-4-5-7-15(12)21/h4-10H,3,11H2,1-2H3. The van der Waals surface area contributed by atoms with Gasteiger partial charge in [0.25, 0.3) is 5.91 Å². The number of aromatic nitrogens is 2. The van der Waals surface area contributed by atoms with Crippen LogP contribution in [0.15, 0.2) is 47.3 Å². The van der Waals surface area contributed by atoms with Crippen LogP contribution in [0.1, 0.15) is 23.0 Å². The van der Waals surface area contributed by atoms with Crippen molar-refractivity contribution in [3.8, 4) is 0 Å². The molecule has 1 aromatic heterocycles. The first-order chi connectivity index (χ1) is 12.4. The lowest BCUT2D eigenvalue weighted by Gasteiger charge is -2.18. The lowest BCUT2D eigenvalue weighted by atomic mass is 10.1. The molecule has 5 nitrogen and oxygen atoms in total. The molecule has 3 rings (SSSR count). The molecule has 1 heterocycles. The quantitative estimate of drug-likeness (QED) is 0.721. The molecule has 134 valence electrons. The first kappa shape index (κ1) is 17.7. The Bertz CT molecular complexity index is 1050. The second kappa shape index (κ2) is 7.03. The minimum absolute atomic E-state index is 0.0139. The molecule has 0 aliphatic rings. The third kappa shape index (κ3) is 3.20. The summed E-state index contributed by atoms with van der Waals surface area (Å²) >= 11 is 0. The third-order valence-electron chi connectivity index (χ3n) is 4.13. The molecule has 0 spiro atoms. The maximum absolute atomic E-state index is 13.8. The van der Waals surface area contributed by atoms with Crippen molar-refractivity contribution in [3.05, 3.63) is 75.6 Å². The number of fused-ring (bicyclic) bond motifs is 1. The first-order valence-corrected chi connectivity index (χ1v) is 8.11. The van der Waals surface area contributed by atoms with E-state index in [0.29, 0.717) is 17.6 Å². The molecule has 0 aliphatic heterocycles. The molecule has 3 aromatic rings. The largest absolute Gasteiger partial charge is 0.336 e. The number of carbonyl (C=O) groups excluding carboxylic acids is 1. The molecule has 0 saturated carbocycles. The number of halogens is 2. The van der Waals surface area contributed by atoms with E-state index in [1.165, 1.54) is 34.8 Å². The van der Waals surface area contributed by atoms with Crippen molar-refractivity contribution >= 4 is 16.8 Å². The third-order valence-corrected chi connectivity index (χ3v) is 4.13. The molecule has 0 unspecified atom stereocenters. The van der Waals surface area contributed by atoms with Crippen molar-refractivity contribution in [1.82, 2.24) is 14.7 Å². The topological polar surface area (TPSA) is 55.2 Å². The minimum Gasteiger partial charge on any atom is -0.336 e. The van der Waals surface area contributed by atoms with Crippen LogP contribution >= 0.6 is 0 Å². The highest BCUT2D eigenvalue weighted by Gasteiger charge is 2.21. The minimum atomic E-state index is -0.647. The second-order valence-corrected chi connectivity index (χ2v) is 5.91. The van der Waals surface area contributed by atoms with Gasteiger partial charge in [-0.05, 0) is 31.2 Å². The molecular weight excluding hydrogens is 340 g/mol. The zero-order valence-electron chi connectivity index (χ0n) is 14.4. The highest BCUT2D eigenvalue weighted by atomic mass is 19.1. The Kier molecular flexibility index (Phi) is 4.79. The smallest absolute Gasteiger partial charge is 0.278 e. The molecule has 0 N–H and O–H groups in total. The molecule has 1 amide bonds. The fourth-order valence-corrected chi connectivity index (χ4v) is 2.78. The van der Waals surface area contributed by atoms with E-state index in [1.54, 1.807) is 25.1 Å². The molecular formula is C19H17F2N3O2. The van der Waals surface area contributed by atoms with E-state index in [1.807, 2.05) is 0 Å². The Morgan fingerprint density at radius 3 is 2.62 bits per heavy atom. The highest BCUT2D eigenvalue weighted by molar-refractivity contribution is 5.95. The van der Waals surface area contributed by atoms with Crippen LogP contribution in [0, 0.1) is 11.6 Å². The summed E-state index contributed by atoms with van der Waals surface area (Å²) in [5.74, 6) is -1.65. The number of hydrogen-bond acceptors (Lipinski definition) is 3. The summed E-state index contributed by atoms with van der Waals surface area (Å²) in [6, 6.07) is 9.87. The predicted molar refractivity (Wildman–Crippen MR) is 93.8 cm³/mol. The molecule has 0 fully saturated rings. The molecule has 0 aliphatic carbocycles. The van der Waals surface area contributed by atoms with Gasteiger partial charge in [-0.2, -0.15) is 5.10 Å². The van der Waals surface area contributed by atoms with Crippen molar-refractivity contribution in [3.63, 3.8) is 0 Å². The zero-order valence-corrected chi connectivity index (χ0v) is 14.4. The zero-order chi connectivity index (χ0) is 18.8. The van der Waals surface area contributed by atoms with Gasteiger partial charge in [0.05, 0.1) is 10.9 Å². The molecule has 0 bridgehead atoms. The van der Waals surface area contributed by atoms with Gasteiger partial charge in [0.1, 0.15) is 11.6 Å². The number of hydrogen-bond donors (Lipinski definition) is 0. The Hall–Kier alpha value is -3.09. The highest BCUT2D eigenvalue weighted by Crippen LogP contribution is 2.14. The van der Waals surface area contributed by atoms with Crippen LogP contribution in [0.2, 0.25) is 0 Å². The summed E-state index contributed by atoms with van der Waals surface area (Å²) in [5.41, 5.74) is -0.184. The fourth-order valence-electron chi connectivity index (χ4n) is 2.78.